The second-order valence-electron chi connectivity index (χ2n) is 4.19. The number of hydrogen-bond acceptors (Lipinski definition) is 2. The van der Waals surface area contributed by atoms with Crippen LogP contribution >= 0.6 is 0 Å². The zero-order valence-electron chi connectivity index (χ0n) is 10.6. The van der Waals surface area contributed by atoms with Crippen molar-refractivity contribution in [2.45, 2.75) is 20.8 Å². The van der Waals surface area contributed by atoms with E-state index in [1.54, 1.807) is 0 Å². The molecule has 2 heteroatoms. The van der Waals surface area contributed by atoms with E-state index >= 15 is 0 Å². The smallest absolute Gasteiger partial charge is 0.0446 e. The van der Waals surface area contributed by atoms with E-state index in [9.17, 15) is 0 Å². The van der Waals surface area contributed by atoms with E-state index in [0.717, 1.165) is 17.9 Å². The molecule has 0 bridgehead atoms. The Hall–Kier alpha value is -1.83. The van der Waals surface area contributed by atoms with Gasteiger partial charge >= 0.3 is 0 Å². The van der Waals surface area contributed by atoms with Gasteiger partial charge in [-0.25, -0.2) is 0 Å². The number of pyridine rings is 1. The molecule has 1 heterocycles. The molecule has 1 aromatic carbocycles. The van der Waals surface area contributed by atoms with Gasteiger partial charge in [-0.1, -0.05) is 18.2 Å². The van der Waals surface area contributed by atoms with Crippen molar-refractivity contribution in [3.05, 3.63) is 53.9 Å². The molecule has 2 nitrogen and oxygen atoms in total. The lowest BCUT2D eigenvalue weighted by Gasteiger charge is -2.23. The molecule has 17 heavy (non-hydrogen) atoms. The summed E-state index contributed by atoms with van der Waals surface area (Å²) in [7, 11) is 0. The van der Waals surface area contributed by atoms with E-state index in [1.807, 2.05) is 19.9 Å². The molecule has 0 aliphatic heterocycles. The highest BCUT2D eigenvalue weighted by Gasteiger charge is 2.07. The van der Waals surface area contributed by atoms with Gasteiger partial charge in [0, 0.05) is 29.3 Å². The van der Waals surface area contributed by atoms with Crippen LogP contribution in [0.25, 0.3) is 0 Å². The Morgan fingerprint density at radius 3 is 2.06 bits per heavy atom. The van der Waals surface area contributed by atoms with Gasteiger partial charge in [0.1, 0.15) is 0 Å². The fourth-order valence-corrected chi connectivity index (χ4v) is 2.09. The first-order valence-electron chi connectivity index (χ1n) is 5.98. The van der Waals surface area contributed by atoms with Crippen LogP contribution in [0.4, 0.5) is 11.4 Å². The fourth-order valence-electron chi connectivity index (χ4n) is 2.09. The molecule has 0 atom stereocenters. The predicted molar refractivity (Wildman–Crippen MR) is 72.8 cm³/mol. The molecule has 0 saturated carbocycles. The summed E-state index contributed by atoms with van der Waals surface area (Å²) >= 11 is 0. The highest BCUT2D eigenvalue weighted by molar-refractivity contribution is 5.63. The first kappa shape index (κ1) is 11.6. The zero-order valence-corrected chi connectivity index (χ0v) is 10.6. The molecule has 88 valence electrons. The van der Waals surface area contributed by atoms with Crippen molar-refractivity contribution in [2.24, 2.45) is 0 Å². The van der Waals surface area contributed by atoms with Crippen molar-refractivity contribution in [2.75, 3.05) is 11.4 Å². The molecule has 0 spiro atoms. The summed E-state index contributed by atoms with van der Waals surface area (Å²) in [5.74, 6) is 0. The maximum Gasteiger partial charge on any atom is 0.0446 e. The molecule has 1 aromatic heterocycles. The number of benzene rings is 1. The van der Waals surface area contributed by atoms with Crippen LogP contribution in [-0.2, 0) is 0 Å². The Balaban J connectivity index is 2.42. The molecule has 0 aliphatic carbocycles. The van der Waals surface area contributed by atoms with Gasteiger partial charge in [-0.2, -0.15) is 0 Å². The number of rotatable bonds is 3. The Morgan fingerprint density at radius 1 is 0.941 bits per heavy atom. The number of para-hydroxylation sites is 1. The predicted octanol–water partition coefficient (Wildman–Crippen LogP) is 3.86. The standard InChI is InChI=1S/C15H18N2/c1-4-17(14-8-6-5-7-9-14)15-10-12(2)16-13(3)11-15/h5-11H,4H2,1-3H3. The average molecular weight is 226 g/mol. The summed E-state index contributed by atoms with van der Waals surface area (Å²) < 4.78 is 0. The highest BCUT2D eigenvalue weighted by atomic mass is 15.1. The van der Waals surface area contributed by atoms with Crippen molar-refractivity contribution in [1.29, 1.82) is 0 Å². The number of aryl methyl sites for hydroxylation is 2. The minimum atomic E-state index is 0.951. The lowest BCUT2D eigenvalue weighted by atomic mass is 10.2. The summed E-state index contributed by atoms with van der Waals surface area (Å²) in [5.41, 5.74) is 4.56. The lowest BCUT2D eigenvalue weighted by Crippen LogP contribution is -2.16. The lowest BCUT2D eigenvalue weighted by molar-refractivity contribution is 1.00. The fraction of sp³-hybridized carbons (Fsp3) is 0.267. The second kappa shape index (κ2) is 5.00. The van der Waals surface area contributed by atoms with Crippen LogP contribution in [0.1, 0.15) is 18.3 Å². The first-order valence-corrected chi connectivity index (χ1v) is 5.98. The van der Waals surface area contributed by atoms with Gasteiger partial charge in [0.15, 0.2) is 0 Å². The summed E-state index contributed by atoms with van der Waals surface area (Å²) in [4.78, 5) is 6.71. The molecular formula is C15H18N2. The normalized spacial score (nSPS) is 10.3. The highest BCUT2D eigenvalue weighted by Crippen LogP contribution is 2.25. The Kier molecular flexibility index (Phi) is 3.43. The van der Waals surface area contributed by atoms with Crippen LogP contribution in [-0.4, -0.2) is 11.5 Å². The van der Waals surface area contributed by atoms with Crippen LogP contribution in [0.2, 0.25) is 0 Å². The van der Waals surface area contributed by atoms with Crippen LogP contribution in [0.3, 0.4) is 0 Å². The van der Waals surface area contributed by atoms with Gasteiger partial charge in [0.2, 0.25) is 0 Å². The summed E-state index contributed by atoms with van der Waals surface area (Å²) in [6, 6.07) is 14.7. The monoisotopic (exact) mass is 226 g/mol. The molecule has 0 unspecified atom stereocenters. The topological polar surface area (TPSA) is 16.1 Å². The maximum absolute atomic E-state index is 4.42. The Morgan fingerprint density at radius 2 is 1.53 bits per heavy atom. The minimum absolute atomic E-state index is 0.951. The van der Waals surface area contributed by atoms with E-state index in [0.29, 0.717) is 0 Å². The number of nitrogens with zero attached hydrogens (tertiary/aromatic N) is 2. The van der Waals surface area contributed by atoms with E-state index < -0.39 is 0 Å². The van der Waals surface area contributed by atoms with Crippen LogP contribution < -0.4 is 4.90 Å². The first-order chi connectivity index (χ1) is 8.20. The van der Waals surface area contributed by atoms with Crippen molar-refractivity contribution >= 4 is 11.4 Å². The van der Waals surface area contributed by atoms with E-state index in [-0.39, 0.29) is 0 Å². The van der Waals surface area contributed by atoms with Gasteiger partial charge < -0.3 is 4.90 Å². The van der Waals surface area contributed by atoms with Crippen molar-refractivity contribution in [3.8, 4) is 0 Å². The molecule has 0 radical (unpaired) electrons. The van der Waals surface area contributed by atoms with E-state index in [1.165, 1.54) is 11.4 Å². The van der Waals surface area contributed by atoms with Gasteiger partial charge in [-0.05, 0) is 45.0 Å². The molecule has 0 aliphatic rings. The maximum atomic E-state index is 4.42. The van der Waals surface area contributed by atoms with Gasteiger partial charge in [0.05, 0.1) is 0 Å². The minimum Gasteiger partial charge on any atom is -0.342 e. The van der Waals surface area contributed by atoms with E-state index in [2.05, 4.69) is 53.2 Å². The van der Waals surface area contributed by atoms with Crippen LogP contribution in [0.5, 0.6) is 0 Å². The molecule has 0 fully saturated rings. The molecule has 0 amide bonds. The summed E-state index contributed by atoms with van der Waals surface area (Å²) in [5, 5.41) is 0. The number of aromatic nitrogens is 1. The van der Waals surface area contributed by atoms with Crippen LogP contribution in [0.15, 0.2) is 42.5 Å². The SMILES string of the molecule is CCN(c1ccccc1)c1cc(C)nc(C)c1. The van der Waals surface area contributed by atoms with Gasteiger partial charge in [-0.3, -0.25) is 4.98 Å². The molecule has 2 aromatic rings. The molecule has 0 N–H and O–H groups in total. The quantitative estimate of drug-likeness (QED) is 0.790. The third-order valence-corrected chi connectivity index (χ3v) is 2.76. The zero-order chi connectivity index (χ0) is 12.3. The Labute approximate surface area is 103 Å². The number of anilines is 2. The summed E-state index contributed by atoms with van der Waals surface area (Å²) in [6.45, 7) is 7.19. The van der Waals surface area contributed by atoms with Crippen molar-refractivity contribution in [1.82, 2.24) is 4.98 Å². The van der Waals surface area contributed by atoms with Crippen molar-refractivity contribution in [3.63, 3.8) is 0 Å². The molecular weight excluding hydrogens is 208 g/mol. The Bertz CT molecular complexity index is 471. The largest absolute Gasteiger partial charge is 0.342 e. The third-order valence-electron chi connectivity index (χ3n) is 2.76. The molecule has 0 saturated heterocycles. The molecule has 2 rings (SSSR count). The summed E-state index contributed by atoms with van der Waals surface area (Å²) in [6.07, 6.45) is 0. The number of hydrogen-bond donors (Lipinski definition) is 0. The van der Waals surface area contributed by atoms with Crippen LogP contribution in [0, 0.1) is 13.8 Å². The van der Waals surface area contributed by atoms with Gasteiger partial charge in [0.25, 0.3) is 0 Å². The third kappa shape index (κ3) is 2.64. The van der Waals surface area contributed by atoms with E-state index in [4.69, 9.17) is 0 Å². The average Bonchev–Trinajstić information content (AvgIpc) is 2.30. The van der Waals surface area contributed by atoms with Crippen molar-refractivity contribution < 1.29 is 0 Å². The second-order valence-corrected chi connectivity index (χ2v) is 4.19. The van der Waals surface area contributed by atoms with Gasteiger partial charge in [-0.15, -0.1) is 0 Å².